The second-order valence-corrected chi connectivity index (χ2v) is 5.63. The third-order valence-corrected chi connectivity index (χ3v) is 3.95. The van der Waals surface area contributed by atoms with Gasteiger partial charge in [-0.25, -0.2) is 12.8 Å². The molecular formula is C11H13FN4O2S. The molecule has 2 heterocycles. The summed E-state index contributed by atoms with van der Waals surface area (Å²) in [5.74, 6) is -0.735. The highest BCUT2D eigenvalue weighted by Crippen LogP contribution is 2.19. The topological polar surface area (TPSA) is 90.0 Å². The molecule has 102 valence electrons. The Kier molecular flexibility index (Phi) is 3.54. The highest BCUT2D eigenvalue weighted by atomic mass is 32.2. The van der Waals surface area contributed by atoms with E-state index < -0.39 is 15.8 Å². The van der Waals surface area contributed by atoms with Crippen molar-refractivity contribution in [2.45, 2.75) is 11.4 Å². The SMILES string of the molecule is Cn1cc(S(=O)(=O)Nc2ccncc2F)cc1CN. The minimum absolute atomic E-state index is 0.0339. The van der Waals surface area contributed by atoms with Gasteiger partial charge in [-0.3, -0.25) is 9.71 Å². The van der Waals surface area contributed by atoms with Crippen molar-refractivity contribution in [1.29, 1.82) is 0 Å². The fourth-order valence-electron chi connectivity index (χ4n) is 1.59. The van der Waals surface area contributed by atoms with Gasteiger partial charge in [0.1, 0.15) is 4.90 Å². The number of nitrogens with two attached hydrogens (primary N) is 1. The molecule has 0 aromatic carbocycles. The van der Waals surface area contributed by atoms with Crippen LogP contribution in [0.4, 0.5) is 10.1 Å². The largest absolute Gasteiger partial charge is 0.352 e. The molecule has 2 rings (SSSR count). The van der Waals surface area contributed by atoms with Gasteiger partial charge in [-0.2, -0.15) is 0 Å². The number of rotatable bonds is 4. The maximum absolute atomic E-state index is 13.4. The Morgan fingerprint density at radius 3 is 2.84 bits per heavy atom. The van der Waals surface area contributed by atoms with Gasteiger partial charge in [0, 0.05) is 31.7 Å². The number of hydrogen-bond acceptors (Lipinski definition) is 4. The average Bonchev–Trinajstić information content (AvgIpc) is 2.74. The van der Waals surface area contributed by atoms with Crippen molar-refractivity contribution in [1.82, 2.24) is 9.55 Å². The highest BCUT2D eigenvalue weighted by Gasteiger charge is 2.18. The first-order valence-electron chi connectivity index (χ1n) is 5.41. The van der Waals surface area contributed by atoms with E-state index in [1.165, 1.54) is 24.5 Å². The van der Waals surface area contributed by atoms with Gasteiger partial charge in [-0.1, -0.05) is 0 Å². The maximum Gasteiger partial charge on any atom is 0.263 e. The molecule has 0 amide bonds. The number of nitrogens with one attached hydrogen (secondary N) is 1. The van der Waals surface area contributed by atoms with Crippen LogP contribution in [0, 0.1) is 5.82 Å². The fraction of sp³-hybridized carbons (Fsp3) is 0.182. The average molecular weight is 284 g/mol. The lowest BCUT2D eigenvalue weighted by atomic mass is 10.4. The molecule has 0 aliphatic rings. The van der Waals surface area contributed by atoms with Gasteiger partial charge in [-0.15, -0.1) is 0 Å². The standard InChI is InChI=1S/C11H13FN4O2S/c1-16-7-9(4-8(16)5-13)19(17,18)15-11-2-3-14-6-10(11)12/h2-4,6-7H,5,13H2,1H3,(H,14,15). The van der Waals surface area contributed by atoms with Crippen LogP contribution in [0.3, 0.4) is 0 Å². The molecule has 0 atom stereocenters. The molecule has 0 unspecified atom stereocenters. The summed E-state index contributed by atoms with van der Waals surface area (Å²) in [4.78, 5) is 3.58. The second-order valence-electron chi connectivity index (χ2n) is 3.94. The van der Waals surface area contributed by atoms with Crippen LogP contribution in [0.15, 0.2) is 35.6 Å². The van der Waals surface area contributed by atoms with Crippen LogP contribution in [0.2, 0.25) is 0 Å². The summed E-state index contributed by atoms with van der Waals surface area (Å²) < 4.78 is 41.3. The number of nitrogens with zero attached hydrogens (tertiary/aromatic N) is 2. The Morgan fingerprint density at radius 1 is 1.53 bits per heavy atom. The first-order valence-corrected chi connectivity index (χ1v) is 6.90. The third-order valence-electron chi connectivity index (χ3n) is 2.62. The van der Waals surface area contributed by atoms with E-state index in [9.17, 15) is 12.8 Å². The van der Waals surface area contributed by atoms with Crippen molar-refractivity contribution < 1.29 is 12.8 Å². The molecule has 6 nitrogen and oxygen atoms in total. The first kappa shape index (κ1) is 13.5. The molecule has 0 saturated carbocycles. The van der Waals surface area contributed by atoms with E-state index in [2.05, 4.69) is 9.71 Å². The lowest BCUT2D eigenvalue weighted by molar-refractivity contribution is 0.598. The molecular weight excluding hydrogens is 271 g/mol. The minimum Gasteiger partial charge on any atom is -0.352 e. The summed E-state index contributed by atoms with van der Waals surface area (Å²) >= 11 is 0. The van der Waals surface area contributed by atoms with Gasteiger partial charge in [0.25, 0.3) is 10.0 Å². The number of halogens is 1. The number of aromatic nitrogens is 2. The monoisotopic (exact) mass is 284 g/mol. The summed E-state index contributed by atoms with van der Waals surface area (Å²) in [6.07, 6.45) is 3.66. The molecule has 3 N–H and O–H groups in total. The predicted molar refractivity (Wildman–Crippen MR) is 68.3 cm³/mol. The van der Waals surface area contributed by atoms with Gasteiger partial charge in [0.05, 0.1) is 11.9 Å². The number of aryl methyl sites for hydroxylation is 1. The Balaban J connectivity index is 2.35. The summed E-state index contributed by atoms with van der Waals surface area (Å²) in [7, 11) is -2.15. The Labute approximate surface area is 110 Å². The van der Waals surface area contributed by atoms with Gasteiger partial charge in [0.15, 0.2) is 5.82 Å². The van der Waals surface area contributed by atoms with Crippen molar-refractivity contribution in [3.63, 3.8) is 0 Å². The quantitative estimate of drug-likeness (QED) is 0.869. The van der Waals surface area contributed by atoms with Gasteiger partial charge < -0.3 is 10.3 Å². The van der Waals surface area contributed by atoms with Crippen molar-refractivity contribution in [2.75, 3.05) is 4.72 Å². The summed E-state index contributed by atoms with van der Waals surface area (Å²) in [6.45, 7) is 0.218. The van der Waals surface area contributed by atoms with Crippen LogP contribution in [0.25, 0.3) is 0 Å². The predicted octanol–water partition coefficient (Wildman–Crippen LogP) is 0.819. The van der Waals surface area contributed by atoms with E-state index in [4.69, 9.17) is 5.73 Å². The van der Waals surface area contributed by atoms with Crippen LogP contribution < -0.4 is 10.5 Å². The second kappa shape index (κ2) is 4.98. The first-order chi connectivity index (χ1) is 8.94. The smallest absolute Gasteiger partial charge is 0.263 e. The summed E-state index contributed by atoms with van der Waals surface area (Å²) in [6, 6.07) is 2.70. The highest BCUT2D eigenvalue weighted by molar-refractivity contribution is 7.92. The van der Waals surface area contributed by atoms with Gasteiger partial charge in [0.2, 0.25) is 0 Å². The van der Waals surface area contributed by atoms with Crippen LogP contribution in [-0.4, -0.2) is 18.0 Å². The molecule has 0 fully saturated rings. The number of sulfonamides is 1. The molecule has 8 heteroatoms. The Hall–Kier alpha value is -1.93. The zero-order valence-electron chi connectivity index (χ0n) is 10.2. The molecule has 0 aliphatic carbocycles. The minimum atomic E-state index is -3.84. The molecule has 0 saturated heterocycles. The van der Waals surface area contributed by atoms with E-state index >= 15 is 0 Å². The summed E-state index contributed by atoms with van der Waals surface area (Å²) in [5.41, 5.74) is 6.00. The lowest BCUT2D eigenvalue weighted by Crippen LogP contribution is -2.13. The molecule has 2 aromatic heterocycles. The number of anilines is 1. The van der Waals surface area contributed by atoms with Crippen molar-refractivity contribution in [3.05, 3.63) is 42.2 Å². The zero-order chi connectivity index (χ0) is 14.0. The van der Waals surface area contributed by atoms with E-state index in [1.54, 1.807) is 11.6 Å². The van der Waals surface area contributed by atoms with E-state index in [0.717, 1.165) is 6.20 Å². The number of hydrogen-bond donors (Lipinski definition) is 2. The molecule has 0 spiro atoms. The van der Waals surface area contributed by atoms with Crippen molar-refractivity contribution in [3.8, 4) is 0 Å². The van der Waals surface area contributed by atoms with Crippen molar-refractivity contribution >= 4 is 15.7 Å². The molecule has 0 radical (unpaired) electrons. The fourth-order valence-corrected chi connectivity index (χ4v) is 2.75. The normalized spacial score (nSPS) is 11.5. The van der Waals surface area contributed by atoms with E-state index in [-0.39, 0.29) is 17.1 Å². The van der Waals surface area contributed by atoms with Gasteiger partial charge in [-0.05, 0) is 12.1 Å². The van der Waals surface area contributed by atoms with Crippen LogP contribution >= 0.6 is 0 Å². The third kappa shape index (κ3) is 2.74. The molecule has 0 bridgehead atoms. The van der Waals surface area contributed by atoms with Crippen LogP contribution in [0.5, 0.6) is 0 Å². The molecule has 0 aliphatic heterocycles. The van der Waals surface area contributed by atoms with Crippen LogP contribution in [0.1, 0.15) is 5.69 Å². The van der Waals surface area contributed by atoms with Crippen LogP contribution in [-0.2, 0) is 23.6 Å². The lowest BCUT2D eigenvalue weighted by Gasteiger charge is -2.06. The van der Waals surface area contributed by atoms with Crippen molar-refractivity contribution in [2.24, 2.45) is 12.8 Å². The maximum atomic E-state index is 13.4. The summed E-state index contributed by atoms with van der Waals surface area (Å²) in [5, 5.41) is 0. The Morgan fingerprint density at radius 2 is 2.26 bits per heavy atom. The zero-order valence-corrected chi connectivity index (χ0v) is 11.0. The molecule has 2 aromatic rings. The van der Waals surface area contributed by atoms with E-state index in [1.807, 2.05) is 0 Å². The number of pyridine rings is 1. The van der Waals surface area contributed by atoms with Gasteiger partial charge >= 0.3 is 0 Å². The van der Waals surface area contributed by atoms with E-state index in [0.29, 0.717) is 5.69 Å². The molecule has 19 heavy (non-hydrogen) atoms. The Bertz CT molecular complexity index is 696.